The van der Waals surface area contributed by atoms with E-state index in [4.69, 9.17) is 4.74 Å². The van der Waals surface area contributed by atoms with Crippen molar-refractivity contribution in [3.63, 3.8) is 0 Å². The van der Waals surface area contributed by atoms with E-state index < -0.39 is 11.9 Å². The van der Waals surface area contributed by atoms with Gasteiger partial charge in [-0.15, -0.1) is 12.4 Å². The summed E-state index contributed by atoms with van der Waals surface area (Å²) >= 11 is 0. The van der Waals surface area contributed by atoms with Gasteiger partial charge in [-0.25, -0.2) is 0 Å². The number of nitrogens with one attached hydrogen (secondary N) is 1. The minimum Gasteiger partial charge on any atom is -0.489 e. The molecule has 4 amide bonds. The highest BCUT2D eigenvalue weighted by molar-refractivity contribution is 6.05. The summed E-state index contributed by atoms with van der Waals surface area (Å²) in [5.74, 6) is -0.347. The Morgan fingerprint density at radius 3 is 2.44 bits per heavy atom. The van der Waals surface area contributed by atoms with E-state index in [-0.39, 0.29) is 49.7 Å². The molecule has 190 valence electrons. The Labute approximate surface area is 215 Å². The van der Waals surface area contributed by atoms with Crippen molar-refractivity contribution in [1.29, 1.82) is 0 Å². The minimum atomic E-state index is -0.661. The summed E-state index contributed by atoms with van der Waals surface area (Å²) in [4.78, 5) is 55.1. The zero-order valence-electron chi connectivity index (χ0n) is 20.1. The molecule has 3 heterocycles. The van der Waals surface area contributed by atoms with Crippen molar-refractivity contribution in [2.45, 2.75) is 32.0 Å². The van der Waals surface area contributed by atoms with Gasteiger partial charge in [0.05, 0.1) is 6.54 Å². The molecule has 3 aliphatic heterocycles. The Bertz CT molecular complexity index is 1180. The van der Waals surface area contributed by atoms with Crippen LogP contribution in [-0.4, -0.2) is 77.6 Å². The van der Waals surface area contributed by atoms with Crippen molar-refractivity contribution in [3.8, 4) is 5.75 Å². The zero-order chi connectivity index (χ0) is 24.5. The van der Waals surface area contributed by atoms with Crippen molar-refractivity contribution in [3.05, 3.63) is 64.7 Å². The van der Waals surface area contributed by atoms with E-state index in [1.54, 1.807) is 12.1 Å². The minimum absolute atomic E-state index is 0. The molecule has 2 aromatic carbocycles. The summed E-state index contributed by atoms with van der Waals surface area (Å²) in [5, 5.41) is 2.32. The van der Waals surface area contributed by atoms with Crippen LogP contribution < -0.4 is 10.1 Å². The molecular weight excluding hydrogens is 484 g/mol. The molecule has 5 rings (SSSR count). The number of piperazine rings is 1. The Hall–Kier alpha value is -3.43. The van der Waals surface area contributed by atoms with E-state index in [0.29, 0.717) is 23.3 Å². The number of rotatable bonds is 5. The second-order valence-corrected chi connectivity index (χ2v) is 9.26. The zero-order valence-corrected chi connectivity index (χ0v) is 20.9. The van der Waals surface area contributed by atoms with Gasteiger partial charge in [-0.05, 0) is 43.3 Å². The van der Waals surface area contributed by atoms with Gasteiger partial charge in [-0.3, -0.25) is 24.5 Å². The maximum atomic E-state index is 13.0. The molecule has 1 atom stereocenters. The number of likely N-dealkylation sites (N-methyl/N-ethyl adjacent to an activating group) is 1. The van der Waals surface area contributed by atoms with Gasteiger partial charge >= 0.3 is 0 Å². The van der Waals surface area contributed by atoms with E-state index in [1.165, 1.54) is 4.90 Å². The molecule has 0 aliphatic carbocycles. The van der Waals surface area contributed by atoms with Gasteiger partial charge in [-0.2, -0.15) is 0 Å². The highest BCUT2D eigenvalue weighted by atomic mass is 35.5. The van der Waals surface area contributed by atoms with Crippen LogP contribution in [-0.2, 0) is 22.7 Å². The molecule has 0 saturated carbocycles. The summed E-state index contributed by atoms with van der Waals surface area (Å²) in [5.41, 5.74) is 2.82. The molecule has 9 nitrogen and oxygen atoms in total. The Morgan fingerprint density at radius 1 is 1.03 bits per heavy atom. The number of amides is 4. The highest BCUT2D eigenvalue weighted by Gasteiger charge is 2.40. The second kappa shape index (κ2) is 10.7. The van der Waals surface area contributed by atoms with Crippen LogP contribution in [0.3, 0.4) is 0 Å². The number of benzene rings is 2. The van der Waals surface area contributed by atoms with Crippen molar-refractivity contribution in [2.75, 3.05) is 33.2 Å². The van der Waals surface area contributed by atoms with Crippen LogP contribution >= 0.6 is 12.4 Å². The molecule has 0 bridgehead atoms. The molecule has 2 aromatic rings. The first-order valence-electron chi connectivity index (χ1n) is 11.9. The fourth-order valence-electron chi connectivity index (χ4n) is 4.79. The summed E-state index contributed by atoms with van der Waals surface area (Å²) in [6.45, 7) is 3.76. The quantitative estimate of drug-likeness (QED) is 0.614. The molecule has 0 radical (unpaired) electrons. The maximum absolute atomic E-state index is 13.0. The third kappa shape index (κ3) is 5.08. The van der Waals surface area contributed by atoms with Crippen LogP contribution in [0, 0.1) is 0 Å². The number of fused-ring (bicyclic) bond motifs is 1. The van der Waals surface area contributed by atoms with Gasteiger partial charge in [0, 0.05) is 49.3 Å². The van der Waals surface area contributed by atoms with E-state index in [2.05, 4.69) is 17.3 Å². The molecule has 1 unspecified atom stereocenters. The average Bonchev–Trinajstić information content (AvgIpc) is 3.20. The van der Waals surface area contributed by atoms with Crippen LogP contribution in [0.25, 0.3) is 0 Å². The highest BCUT2D eigenvalue weighted by Crippen LogP contribution is 2.34. The molecule has 3 aliphatic rings. The number of halogens is 1. The van der Waals surface area contributed by atoms with Crippen LogP contribution in [0.15, 0.2) is 42.5 Å². The lowest BCUT2D eigenvalue weighted by Gasteiger charge is -2.32. The van der Waals surface area contributed by atoms with Crippen LogP contribution in [0.4, 0.5) is 0 Å². The number of nitrogens with zero attached hydrogens (tertiary/aromatic N) is 3. The normalized spacial score (nSPS) is 20.0. The smallest absolute Gasteiger partial charge is 0.255 e. The molecule has 0 spiro atoms. The lowest BCUT2D eigenvalue weighted by atomic mass is 10.0. The van der Waals surface area contributed by atoms with E-state index >= 15 is 0 Å². The molecule has 0 aromatic heterocycles. The van der Waals surface area contributed by atoms with Gasteiger partial charge in [0.1, 0.15) is 18.4 Å². The van der Waals surface area contributed by atoms with E-state index in [9.17, 15) is 19.2 Å². The first kappa shape index (κ1) is 25.7. The third-order valence-corrected chi connectivity index (χ3v) is 6.92. The largest absolute Gasteiger partial charge is 0.489 e. The predicted molar refractivity (Wildman–Crippen MR) is 134 cm³/mol. The maximum Gasteiger partial charge on any atom is 0.255 e. The summed E-state index contributed by atoms with van der Waals surface area (Å²) in [7, 11) is 2.06. The molecule has 36 heavy (non-hydrogen) atoms. The summed E-state index contributed by atoms with van der Waals surface area (Å²) < 4.78 is 6.06. The van der Waals surface area contributed by atoms with Gasteiger partial charge in [0.15, 0.2) is 0 Å². The lowest BCUT2D eigenvalue weighted by molar-refractivity contribution is -0.136. The van der Waals surface area contributed by atoms with Crippen LogP contribution in [0.1, 0.15) is 44.7 Å². The number of imide groups is 1. The Balaban J connectivity index is 0.00000304. The Morgan fingerprint density at radius 2 is 1.75 bits per heavy atom. The van der Waals surface area contributed by atoms with Gasteiger partial charge < -0.3 is 19.4 Å². The number of hydrogen-bond donors (Lipinski definition) is 1. The van der Waals surface area contributed by atoms with Crippen molar-refractivity contribution in [1.82, 2.24) is 20.0 Å². The molecular formula is C26H29ClN4O5. The number of carbonyl (C=O) groups excluding carboxylic acids is 4. The standard InChI is InChI=1S/C26H28N4O5.ClH/c1-28-11-13-29(14-12-28)25(33)18-7-5-17(6-8-18)16-35-22-4-2-3-19-20(22)15-30(26(19)34)21-9-10-23(31)27-24(21)32;/h2-8,21H,9-16H2,1H3,(H,27,31,32);1H. The van der Waals surface area contributed by atoms with Crippen molar-refractivity contribution >= 4 is 36.0 Å². The SMILES string of the molecule is CN1CCN(C(=O)c2ccc(COc3cccc4c3CN(C3CCC(=O)NC3=O)C4=O)cc2)CC1.Cl. The summed E-state index contributed by atoms with van der Waals surface area (Å²) in [6.07, 6.45) is 0.535. The van der Waals surface area contributed by atoms with Gasteiger partial charge in [-0.1, -0.05) is 18.2 Å². The molecule has 1 N–H and O–H groups in total. The fraction of sp³-hybridized carbons (Fsp3) is 0.385. The van der Waals surface area contributed by atoms with Gasteiger partial charge in [0.25, 0.3) is 11.8 Å². The number of ether oxygens (including phenoxy) is 1. The topological polar surface area (TPSA) is 99.3 Å². The first-order valence-corrected chi connectivity index (χ1v) is 11.9. The molecule has 2 saturated heterocycles. The average molecular weight is 513 g/mol. The monoisotopic (exact) mass is 512 g/mol. The second-order valence-electron chi connectivity index (χ2n) is 9.26. The van der Waals surface area contributed by atoms with Crippen molar-refractivity contribution in [2.24, 2.45) is 0 Å². The van der Waals surface area contributed by atoms with E-state index in [1.807, 2.05) is 35.2 Å². The predicted octanol–water partition coefficient (Wildman–Crippen LogP) is 1.84. The lowest BCUT2D eigenvalue weighted by Crippen LogP contribution is -2.52. The number of hydrogen-bond acceptors (Lipinski definition) is 6. The Kier molecular flexibility index (Phi) is 7.61. The first-order chi connectivity index (χ1) is 16.9. The van der Waals surface area contributed by atoms with Crippen molar-refractivity contribution < 1.29 is 23.9 Å². The van der Waals surface area contributed by atoms with Crippen LogP contribution in [0.2, 0.25) is 0 Å². The molecule has 2 fully saturated rings. The number of piperidine rings is 1. The third-order valence-electron chi connectivity index (χ3n) is 6.92. The van der Waals surface area contributed by atoms with Crippen LogP contribution in [0.5, 0.6) is 5.75 Å². The fourth-order valence-corrected chi connectivity index (χ4v) is 4.79. The summed E-state index contributed by atoms with van der Waals surface area (Å²) in [6, 6.07) is 12.1. The van der Waals surface area contributed by atoms with E-state index in [0.717, 1.165) is 37.3 Å². The number of carbonyl (C=O) groups is 4. The van der Waals surface area contributed by atoms with Gasteiger partial charge in [0.2, 0.25) is 11.8 Å². The molecule has 10 heteroatoms.